The molecule has 19 heavy (non-hydrogen) atoms. The maximum absolute atomic E-state index is 14.0. The second-order valence-corrected chi connectivity index (χ2v) is 5.16. The van der Waals surface area contributed by atoms with Crippen LogP contribution < -0.4 is 5.32 Å². The molecule has 0 saturated heterocycles. The van der Waals surface area contributed by atoms with Crippen LogP contribution in [0.25, 0.3) is 11.1 Å². The molecule has 0 bridgehead atoms. The highest BCUT2D eigenvalue weighted by atomic mass is 19.1. The van der Waals surface area contributed by atoms with Crippen LogP contribution in [0.5, 0.6) is 0 Å². The molecule has 100 valence electrons. The van der Waals surface area contributed by atoms with Crippen LogP contribution in [0.1, 0.15) is 25.0 Å². The van der Waals surface area contributed by atoms with Gasteiger partial charge in [0.25, 0.3) is 0 Å². The third kappa shape index (κ3) is 3.42. The third-order valence-corrected chi connectivity index (χ3v) is 3.18. The number of benzene rings is 2. The van der Waals surface area contributed by atoms with E-state index in [0.29, 0.717) is 11.6 Å². The summed E-state index contributed by atoms with van der Waals surface area (Å²) in [4.78, 5) is 0. The Bertz CT molecular complexity index is 561. The summed E-state index contributed by atoms with van der Waals surface area (Å²) >= 11 is 0. The van der Waals surface area contributed by atoms with Gasteiger partial charge in [0.15, 0.2) is 0 Å². The molecule has 0 saturated carbocycles. The maximum Gasteiger partial charge on any atom is 0.131 e. The molecule has 0 unspecified atom stereocenters. The molecule has 0 radical (unpaired) electrons. The fraction of sp³-hybridized carbons (Fsp3) is 0.294. The molecule has 1 N–H and O–H groups in total. The second-order valence-electron chi connectivity index (χ2n) is 5.16. The van der Waals surface area contributed by atoms with E-state index in [-0.39, 0.29) is 5.82 Å². The Morgan fingerprint density at radius 3 is 2.47 bits per heavy atom. The van der Waals surface area contributed by atoms with Gasteiger partial charge in [0.2, 0.25) is 0 Å². The molecule has 2 aromatic carbocycles. The first-order valence-electron chi connectivity index (χ1n) is 6.65. The number of rotatable bonds is 4. The number of hydrogen-bond donors (Lipinski definition) is 1. The van der Waals surface area contributed by atoms with Crippen LogP contribution in [0.4, 0.5) is 4.39 Å². The zero-order valence-corrected chi connectivity index (χ0v) is 11.7. The van der Waals surface area contributed by atoms with Crippen molar-refractivity contribution in [1.29, 1.82) is 0 Å². The molecule has 0 spiro atoms. The Morgan fingerprint density at radius 1 is 1.05 bits per heavy atom. The van der Waals surface area contributed by atoms with Gasteiger partial charge in [-0.25, -0.2) is 4.39 Å². The van der Waals surface area contributed by atoms with Crippen molar-refractivity contribution in [1.82, 2.24) is 5.32 Å². The summed E-state index contributed by atoms with van der Waals surface area (Å²) in [5.41, 5.74) is 3.84. The van der Waals surface area contributed by atoms with E-state index in [1.54, 1.807) is 6.07 Å². The van der Waals surface area contributed by atoms with Crippen molar-refractivity contribution in [3.8, 4) is 11.1 Å². The SMILES string of the molecule is Cc1ccccc1-c1cc(CNC(C)C)ccc1F. The van der Waals surface area contributed by atoms with E-state index in [1.165, 1.54) is 0 Å². The lowest BCUT2D eigenvalue weighted by atomic mass is 9.98. The summed E-state index contributed by atoms with van der Waals surface area (Å²) in [5.74, 6) is -0.164. The molecule has 0 fully saturated rings. The molecule has 0 aliphatic rings. The fourth-order valence-corrected chi connectivity index (χ4v) is 2.09. The smallest absolute Gasteiger partial charge is 0.131 e. The van der Waals surface area contributed by atoms with Gasteiger partial charge in [-0.15, -0.1) is 0 Å². The van der Waals surface area contributed by atoms with E-state index in [4.69, 9.17) is 0 Å². The molecule has 0 heterocycles. The van der Waals surface area contributed by atoms with E-state index in [1.807, 2.05) is 43.3 Å². The third-order valence-electron chi connectivity index (χ3n) is 3.18. The largest absolute Gasteiger partial charge is 0.310 e. The zero-order chi connectivity index (χ0) is 13.8. The van der Waals surface area contributed by atoms with E-state index in [0.717, 1.165) is 23.2 Å². The van der Waals surface area contributed by atoms with Crippen molar-refractivity contribution in [3.63, 3.8) is 0 Å². The van der Waals surface area contributed by atoms with E-state index < -0.39 is 0 Å². The topological polar surface area (TPSA) is 12.0 Å². The van der Waals surface area contributed by atoms with E-state index in [9.17, 15) is 4.39 Å². The highest BCUT2D eigenvalue weighted by Crippen LogP contribution is 2.26. The van der Waals surface area contributed by atoms with Gasteiger partial charge in [-0.1, -0.05) is 44.2 Å². The fourth-order valence-electron chi connectivity index (χ4n) is 2.09. The van der Waals surface area contributed by atoms with Crippen molar-refractivity contribution in [2.24, 2.45) is 0 Å². The molecule has 2 rings (SSSR count). The highest BCUT2D eigenvalue weighted by molar-refractivity contribution is 5.68. The van der Waals surface area contributed by atoms with Crippen LogP contribution >= 0.6 is 0 Å². The van der Waals surface area contributed by atoms with Gasteiger partial charge in [-0.05, 0) is 35.7 Å². The molecule has 2 heteroatoms. The predicted octanol–water partition coefficient (Wildman–Crippen LogP) is 4.30. The van der Waals surface area contributed by atoms with Crippen LogP contribution in [0, 0.1) is 12.7 Å². The van der Waals surface area contributed by atoms with Crippen molar-refractivity contribution in [2.45, 2.75) is 33.4 Å². The molecule has 0 aromatic heterocycles. The molecular weight excluding hydrogens is 237 g/mol. The highest BCUT2D eigenvalue weighted by Gasteiger charge is 2.08. The maximum atomic E-state index is 14.0. The summed E-state index contributed by atoms with van der Waals surface area (Å²) in [6.07, 6.45) is 0. The minimum Gasteiger partial charge on any atom is -0.310 e. The molecule has 1 nitrogen and oxygen atoms in total. The molecule has 0 amide bonds. The minimum atomic E-state index is -0.164. The summed E-state index contributed by atoms with van der Waals surface area (Å²) < 4.78 is 14.0. The lowest BCUT2D eigenvalue weighted by molar-refractivity contribution is 0.586. The number of halogens is 1. The standard InChI is InChI=1S/C17H20FN/c1-12(2)19-11-14-8-9-17(18)16(10-14)15-7-5-4-6-13(15)3/h4-10,12,19H,11H2,1-3H3. The Kier molecular flexibility index (Phi) is 4.33. The summed E-state index contributed by atoms with van der Waals surface area (Å²) in [7, 11) is 0. The number of hydrogen-bond acceptors (Lipinski definition) is 1. The van der Waals surface area contributed by atoms with Gasteiger partial charge < -0.3 is 5.32 Å². The minimum absolute atomic E-state index is 0.164. The Balaban J connectivity index is 2.35. The van der Waals surface area contributed by atoms with Gasteiger partial charge in [-0.3, -0.25) is 0 Å². The second kappa shape index (κ2) is 5.98. The molecule has 2 aromatic rings. The van der Waals surface area contributed by atoms with Gasteiger partial charge in [0, 0.05) is 18.2 Å². The van der Waals surface area contributed by atoms with Gasteiger partial charge in [0.05, 0.1) is 0 Å². The monoisotopic (exact) mass is 257 g/mol. The lowest BCUT2D eigenvalue weighted by Gasteiger charge is -2.11. The first kappa shape index (κ1) is 13.8. The summed E-state index contributed by atoms with van der Waals surface area (Å²) in [5, 5.41) is 3.35. The van der Waals surface area contributed by atoms with Crippen LogP contribution in [0.15, 0.2) is 42.5 Å². The van der Waals surface area contributed by atoms with Crippen molar-refractivity contribution in [3.05, 3.63) is 59.4 Å². The normalized spacial score (nSPS) is 11.0. The van der Waals surface area contributed by atoms with Crippen molar-refractivity contribution in [2.75, 3.05) is 0 Å². The van der Waals surface area contributed by atoms with E-state index in [2.05, 4.69) is 19.2 Å². The van der Waals surface area contributed by atoms with Crippen LogP contribution in [0.2, 0.25) is 0 Å². The lowest BCUT2D eigenvalue weighted by Crippen LogP contribution is -2.21. The molecule has 0 aliphatic carbocycles. The predicted molar refractivity (Wildman–Crippen MR) is 78.5 cm³/mol. The van der Waals surface area contributed by atoms with Crippen molar-refractivity contribution < 1.29 is 4.39 Å². The molecule has 0 aliphatic heterocycles. The Morgan fingerprint density at radius 2 is 1.79 bits per heavy atom. The first-order chi connectivity index (χ1) is 9.08. The summed E-state index contributed by atoms with van der Waals surface area (Å²) in [6.45, 7) is 6.97. The van der Waals surface area contributed by atoms with Crippen LogP contribution in [-0.4, -0.2) is 6.04 Å². The van der Waals surface area contributed by atoms with Gasteiger partial charge in [-0.2, -0.15) is 0 Å². The van der Waals surface area contributed by atoms with Crippen molar-refractivity contribution >= 4 is 0 Å². The average Bonchev–Trinajstić information content (AvgIpc) is 2.38. The van der Waals surface area contributed by atoms with E-state index >= 15 is 0 Å². The Labute approximate surface area is 114 Å². The average molecular weight is 257 g/mol. The summed E-state index contributed by atoms with van der Waals surface area (Å²) in [6, 6.07) is 13.6. The van der Waals surface area contributed by atoms with Gasteiger partial charge in [0.1, 0.15) is 5.82 Å². The number of aryl methyl sites for hydroxylation is 1. The first-order valence-corrected chi connectivity index (χ1v) is 6.65. The van der Waals surface area contributed by atoms with Crippen LogP contribution in [0.3, 0.4) is 0 Å². The quantitative estimate of drug-likeness (QED) is 0.861. The number of nitrogens with one attached hydrogen (secondary N) is 1. The van der Waals surface area contributed by atoms with Crippen LogP contribution in [-0.2, 0) is 6.54 Å². The molecular formula is C17H20FN. The van der Waals surface area contributed by atoms with Gasteiger partial charge >= 0.3 is 0 Å². The Hall–Kier alpha value is -1.67. The molecule has 0 atom stereocenters. The zero-order valence-electron chi connectivity index (χ0n) is 11.7.